The third kappa shape index (κ3) is 5.36. The van der Waals surface area contributed by atoms with E-state index in [1.165, 1.54) is 23.1 Å². The summed E-state index contributed by atoms with van der Waals surface area (Å²) in [6.45, 7) is 6.07. The van der Waals surface area contributed by atoms with Crippen LogP contribution in [0.3, 0.4) is 0 Å². The molecule has 0 unspecified atom stereocenters. The zero-order valence-electron chi connectivity index (χ0n) is 14.2. The molecule has 0 radical (unpaired) electrons. The van der Waals surface area contributed by atoms with Gasteiger partial charge < -0.3 is 20.1 Å². The fraction of sp³-hybridized carbons (Fsp3) is 0.312. The fourth-order valence-corrected chi connectivity index (χ4v) is 3.75. The molecule has 1 heterocycles. The lowest BCUT2D eigenvalue weighted by atomic mass is 10.2. The molecule has 0 bridgehead atoms. The highest BCUT2D eigenvalue weighted by molar-refractivity contribution is 8.02. The maximum atomic E-state index is 12.4. The molecule has 0 saturated heterocycles. The molecule has 2 aromatic rings. The minimum absolute atomic E-state index is 0.131. The van der Waals surface area contributed by atoms with Crippen LogP contribution >= 0.6 is 23.1 Å². The molecule has 2 N–H and O–H groups in total. The van der Waals surface area contributed by atoms with Crippen molar-refractivity contribution >= 4 is 39.8 Å². The van der Waals surface area contributed by atoms with E-state index in [1.807, 2.05) is 6.92 Å². The number of ether oxygens (including phenoxy) is 2. The fourth-order valence-electron chi connectivity index (χ4n) is 1.85. The molecule has 0 aliphatic carbocycles. The SMILES string of the molecule is C=CCNc1nnc(S[C@H](C)C(=O)Nc2ccc(OC)c(OC)c2)s1. The number of nitrogens with zero attached hydrogens (tertiary/aromatic N) is 2. The summed E-state index contributed by atoms with van der Waals surface area (Å²) >= 11 is 2.76. The summed E-state index contributed by atoms with van der Waals surface area (Å²) in [6.07, 6.45) is 1.74. The Morgan fingerprint density at radius 2 is 2.12 bits per heavy atom. The molecule has 1 aromatic carbocycles. The predicted molar refractivity (Wildman–Crippen MR) is 102 cm³/mol. The largest absolute Gasteiger partial charge is 0.493 e. The number of rotatable bonds is 9. The number of benzene rings is 1. The van der Waals surface area contributed by atoms with Gasteiger partial charge in [-0.05, 0) is 19.1 Å². The quantitative estimate of drug-likeness (QED) is 0.510. The maximum Gasteiger partial charge on any atom is 0.237 e. The van der Waals surface area contributed by atoms with Crippen molar-refractivity contribution in [2.24, 2.45) is 0 Å². The van der Waals surface area contributed by atoms with E-state index in [1.54, 1.807) is 38.5 Å². The zero-order valence-corrected chi connectivity index (χ0v) is 15.9. The van der Waals surface area contributed by atoms with Gasteiger partial charge in [-0.1, -0.05) is 29.2 Å². The number of aromatic nitrogens is 2. The van der Waals surface area contributed by atoms with Crippen LogP contribution in [0, 0.1) is 0 Å². The van der Waals surface area contributed by atoms with Gasteiger partial charge in [0.2, 0.25) is 11.0 Å². The van der Waals surface area contributed by atoms with Gasteiger partial charge in [-0.2, -0.15) is 0 Å². The van der Waals surface area contributed by atoms with Crippen LogP contribution in [0.5, 0.6) is 11.5 Å². The molecule has 9 heteroatoms. The molecule has 0 spiro atoms. The van der Waals surface area contributed by atoms with Crippen LogP contribution in [-0.2, 0) is 4.79 Å². The van der Waals surface area contributed by atoms with Gasteiger partial charge in [0.15, 0.2) is 15.8 Å². The Balaban J connectivity index is 1.95. The van der Waals surface area contributed by atoms with E-state index in [2.05, 4.69) is 27.4 Å². The molecule has 0 aliphatic rings. The van der Waals surface area contributed by atoms with Crippen LogP contribution in [0.15, 0.2) is 35.2 Å². The van der Waals surface area contributed by atoms with E-state index in [0.717, 1.165) is 4.34 Å². The van der Waals surface area contributed by atoms with Crippen molar-refractivity contribution in [3.05, 3.63) is 30.9 Å². The first-order valence-corrected chi connectivity index (χ1v) is 9.14. The van der Waals surface area contributed by atoms with Crippen molar-refractivity contribution in [1.82, 2.24) is 10.2 Å². The van der Waals surface area contributed by atoms with Gasteiger partial charge in [0, 0.05) is 18.3 Å². The highest BCUT2D eigenvalue weighted by Gasteiger charge is 2.18. The van der Waals surface area contributed by atoms with E-state index < -0.39 is 0 Å². The third-order valence-corrected chi connectivity index (χ3v) is 5.17. The average molecular weight is 380 g/mol. The second-order valence-electron chi connectivity index (χ2n) is 4.86. The summed E-state index contributed by atoms with van der Waals surface area (Å²) in [5.74, 6) is 1.03. The molecule has 0 saturated carbocycles. The number of thioether (sulfide) groups is 1. The van der Waals surface area contributed by atoms with Crippen molar-refractivity contribution in [2.45, 2.75) is 16.5 Å². The van der Waals surface area contributed by atoms with Gasteiger partial charge in [0.25, 0.3) is 0 Å². The predicted octanol–water partition coefficient (Wildman–Crippen LogP) is 3.27. The smallest absolute Gasteiger partial charge is 0.237 e. The summed E-state index contributed by atoms with van der Waals surface area (Å²) in [7, 11) is 3.12. The molecule has 25 heavy (non-hydrogen) atoms. The monoisotopic (exact) mass is 380 g/mol. The Labute approximate surface area is 154 Å². The van der Waals surface area contributed by atoms with Crippen molar-refractivity contribution in [3.63, 3.8) is 0 Å². The first kappa shape index (κ1) is 19.1. The average Bonchev–Trinajstić information content (AvgIpc) is 3.06. The van der Waals surface area contributed by atoms with Gasteiger partial charge in [-0.3, -0.25) is 4.79 Å². The Kier molecular flexibility index (Phi) is 7.08. The maximum absolute atomic E-state index is 12.4. The summed E-state index contributed by atoms with van der Waals surface area (Å²) in [6, 6.07) is 5.23. The molecule has 1 atom stereocenters. The molecule has 0 fully saturated rings. The third-order valence-electron chi connectivity index (χ3n) is 3.10. The van der Waals surface area contributed by atoms with Crippen LogP contribution in [0.1, 0.15) is 6.92 Å². The number of carbonyl (C=O) groups is 1. The number of anilines is 2. The standard InChI is InChI=1S/C16H20N4O3S2/c1-5-8-17-15-19-20-16(25-15)24-10(2)14(21)18-11-6-7-12(22-3)13(9-11)23-4/h5-7,9-10H,1,8H2,2-4H3,(H,17,19)(H,18,21)/t10-/m1/s1. The Hall–Kier alpha value is -2.26. The van der Waals surface area contributed by atoms with Gasteiger partial charge in [-0.15, -0.1) is 16.8 Å². The molecule has 7 nitrogen and oxygen atoms in total. The lowest BCUT2D eigenvalue weighted by Gasteiger charge is -2.13. The van der Waals surface area contributed by atoms with Crippen LogP contribution in [0.25, 0.3) is 0 Å². The summed E-state index contributed by atoms with van der Waals surface area (Å²) in [5, 5.41) is 14.4. The van der Waals surface area contributed by atoms with E-state index in [-0.39, 0.29) is 11.2 Å². The molecule has 0 aliphatic heterocycles. The number of hydrogen-bond acceptors (Lipinski definition) is 8. The lowest BCUT2D eigenvalue weighted by Crippen LogP contribution is -2.22. The van der Waals surface area contributed by atoms with Crippen molar-refractivity contribution < 1.29 is 14.3 Å². The summed E-state index contributed by atoms with van der Waals surface area (Å²) in [5.41, 5.74) is 0.640. The molecule has 2 rings (SSSR count). The van der Waals surface area contributed by atoms with Gasteiger partial charge in [-0.25, -0.2) is 0 Å². The summed E-state index contributed by atoms with van der Waals surface area (Å²) in [4.78, 5) is 12.4. The second-order valence-corrected chi connectivity index (χ2v) is 7.43. The van der Waals surface area contributed by atoms with E-state index in [4.69, 9.17) is 9.47 Å². The van der Waals surface area contributed by atoms with Crippen molar-refractivity contribution in [2.75, 3.05) is 31.4 Å². The van der Waals surface area contributed by atoms with E-state index in [0.29, 0.717) is 28.9 Å². The molecule has 1 amide bonds. The number of hydrogen-bond donors (Lipinski definition) is 2. The number of amides is 1. The molecule has 1 aromatic heterocycles. The van der Waals surface area contributed by atoms with Gasteiger partial charge in [0.05, 0.1) is 19.5 Å². The Morgan fingerprint density at radius 1 is 1.36 bits per heavy atom. The van der Waals surface area contributed by atoms with Crippen molar-refractivity contribution in [3.8, 4) is 11.5 Å². The molecular weight excluding hydrogens is 360 g/mol. The van der Waals surface area contributed by atoms with Crippen LogP contribution < -0.4 is 20.1 Å². The van der Waals surface area contributed by atoms with E-state index in [9.17, 15) is 4.79 Å². The normalized spacial score (nSPS) is 11.5. The van der Waals surface area contributed by atoms with Gasteiger partial charge in [0.1, 0.15) is 0 Å². The Bertz CT molecular complexity index is 736. The highest BCUT2D eigenvalue weighted by atomic mass is 32.2. The van der Waals surface area contributed by atoms with Crippen LogP contribution in [-0.4, -0.2) is 42.1 Å². The number of nitrogens with one attached hydrogen (secondary N) is 2. The second kappa shape index (κ2) is 9.28. The van der Waals surface area contributed by atoms with Gasteiger partial charge >= 0.3 is 0 Å². The molecular formula is C16H20N4O3S2. The number of carbonyl (C=O) groups excluding carboxylic acids is 1. The minimum Gasteiger partial charge on any atom is -0.493 e. The van der Waals surface area contributed by atoms with Crippen molar-refractivity contribution in [1.29, 1.82) is 0 Å². The highest BCUT2D eigenvalue weighted by Crippen LogP contribution is 2.31. The topological polar surface area (TPSA) is 85.4 Å². The summed E-state index contributed by atoms with van der Waals surface area (Å²) < 4.78 is 11.1. The first-order chi connectivity index (χ1) is 12.1. The zero-order chi connectivity index (χ0) is 18.2. The van der Waals surface area contributed by atoms with E-state index >= 15 is 0 Å². The first-order valence-electron chi connectivity index (χ1n) is 7.45. The molecule has 134 valence electrons. The lowest BCUT2D eigenvalue weighted by molar-refractivity contribution is -0.115. The minimum atomic E-state index is -0.326. The number of methoxy groups -OCH3 is 2. The van der Waals surface area contributed by atoms with Crippen LogP contribution in [0.4, 0.5) is 10.8 Å². The van der Waals surface area contributed by atoms with Crippen LogP contribution in [0.2, 0.25) is 0 Å². The Morgan fingerprint density at radius 3 is 2.80 bits per heavy atom.